The van der Waals surface area contributed by atoms with Gasteiger partial charge in [0.2, 0.25) is 0 Å². The van der Waals surface area contributed by atoms with Crippen molar-refractivity contribution < 1.29 is 0 Å². The van der Waals surface area contributed by atoms with Crippen LogP contribution >= 0.6 is 0 Å². The molecule has 0 spiro atoms. The van der Waals surface area contributed by atoms with Crippen LogP contribution in [0, 0.1) is 56.2 Å². The number of hydrogen-bond donors (Lipinski definition) is 0. The summed E-state index contributed by atoms with van der Waals surface area (Å²) < 4.78 is 2.40. The van der Waals surface area contributed by atoms with Crippen molar-refractivity contribution in [2.24, 2.45) is 10.8 Å². The first-order chi connectivity index (χ1) is 22.0. The molecule has 2 aliphatic carbocycles. The average Bonchev–Trinajstić information content (AvgIpc) is 3.31. The Morgan fingerprint density at radius 2 is 1.07 bits per heavy atom. The van der Waals surface area contributed by atoms with Gasteiger partial charge in [0, 0.05) is 28.4 Å². The zero-order valence-corrected chi connectivity index (χ0v) is 27.4. The largest absolute Gasteiger partial charge is 0.340 e. The molecule has 0 bridgehead atoms. The number of rotatable bonds is 6. The summed E-state index contributed by atoms with van der Waals surface area (Å²) in [5.41, 5.74) is 8.80. The molecule has 2 aliphatic rings. The molecule has 2 aromatic carbocycles. The lowest BCUT2D eigenvalue weighted by atomic mass is 9.74. The molecule has 0 atom stereocenters. The predicted octanol–water partition coefficient (Wildman–Crippen LogP) is 10.4. The van der Waals surface area contributed by atoms with Crippen LogP contribution in [0.3, 0.4) is 0 Å². The number of nitrogens with zero attached hydrogens (tertiary/aromatic N) is 5. The van der Waals surface area contributed by atoms with E-state index in [0.717, 1.165) is 59.2 Å². The third-order valence-corrected chi connectivity index (χ3v) is 8.85. The van der Waals surface area contributed by atoms with Crippen LogP contribution in [0.1, 0.15) is 77.8 Å². The minimum Gasteiger partial charge on any atom is -0.340 e. The van der Waals surface area contributed by atoms with Crippen LogP contribution in [0.4, 0.5) is 0 Å². The van der Waals surface area contributed by atoms with Crippen molar-refractivity contribution in [1.82, 2.24) is 4.57 Å². The van der Waals surface area contributed by atoms with E-state index >= 15 is 0 Å². The Hall–Kier alpha value is -5.36. The van der Waals surface area contributed by atoms with Gasteiger partial charge in [0.1, 0.15) is 35.4 Å². The van der Waals surface area contributed by atoms with Crippen molar-refractivity contribution in [3.8, 4) is 24.3 Å². The molecule has 0 saturated heterocycles. The molecular weight excluding hydrogens is 562 g/mol. The molecule has 0 aliphatic heterocycles. The van der Waals surface area contributed by atoms with Crippen LogP contribution < -0.4 is 0 Å². The van der Waals surface area contributed by atoms with E-state index in [1.54, 1.807) is 0 Å². The van der Waals surface area contributed by atoms with E-state index in [2.05, 4.69) is 124 Å². The van der Waals surface area contributed by atoms with Gasteiger partial charge in [-0.05, 0) is 101 Å². The quantitative estimate of drug-likeness (QED) is 0.262. The van der Waals surface area contributed by atoms with Gasteiger partial charge in [-0.3, -0.25) is 0 Å². The molecule has 46 heavy (non-hydrogen) atoms. The Kier molecular flexibility index (Phi) is 9.01. The molecular formula is C41H39N5. The normalized spacial score (nSPS) is 17.3. The van der Waals surface area contributed by atoms with Crippen molar-refractivity contribution in [1.29, 1.82) is 21.0 Å². The van der Waals surface area contributed by atoms with Crippen molar-refractivity contribution in [3.05, 3.63) is 105 Å². The molecule has 1 aromatic heterocycles. The fraction of sp³-hybridized carbons (Fsp3) is 0.317. The van der Waals surface area contributed by atoms with Gasteiger partial charge in [0.15, 0.2) is 0 Å². The summed E-state index contributed by atoms with van der Waals surface area (Å²) >= 11 is 0. The van der Waals surface area contributed by atoms with E-state index in [0.29, 0.717) is 12.8 Å². The summed E-state index contributed by atoms with van der Waals surface area (Å²) in [5.74, 6) is 0. The molecule has 0 unspecified atom stereocenters. The first-order valence-electron chi connectivity index (χ1n) is 15.9. The summed E-state index contributed by atoms with van der Waals surface area (Å²) in [6.07, 6.45) is 16.8. The number of fused-ring (bicyclic) bond motifs is 3. The maximum Gasteiger partial charge on any atom is 0.132 e. The van der Waals surface area contributed by atoms with Crippen LogP contribution in [-0.4, -0.2) is 4.57 Å². The van der Waals surface area contributed by atoms with Gasteiger partial charge in [0.05, 0.1) is 0 Å². The van der Waals surface area contributed by atoms with E-state index in [-0.39, 0.29) is 22.0 Å². The molecule has 5 nitrogen and oxygen atoms in total. The van der Waals surface area contributed by atoms with Crippen LogP contribution in [0.15, 0.2) is 94.1 Å². The molecule has 0 amide bonds. The van der Waals surface area contributed by atoms with Gasteiger partial charge in [-0.1, -0.05) is 83.2 Å². The second-order valence-electron chi connectivity index (χ2n) is 14.1. The topological polar surface area (TPSA) is 100 Å². The molecule has 0 saturated carbocycles. The van der Waals surface area contributed by atoms with Gasteiger partial charge in [-0.2, -0.15) is 21.0 Å². The van der Waals surface area contributed by atoms with Gasteiger partial charge in [0.25, 0.3) is 0 Å². The zero-order chi connectivity index (χ0) is 33.1. The fourth-order valence-electron chi connectivity index (χ4n) is 7.00. The summed E-state index contributed by atoms with van der Waals surface area (Å²) in [6, 6.07) is 21.5. The van der Waals surface area contributed by atoms with Crippen molar-refractivity contribution in [2.75, 3.05) is 0 Å². The smallest absolute Gasteiger partial charge is 0.132 e. The molecule has 0 N–H and O–H groups in total. The van der Waals surface area contributed by atoms with Crippen LogP contribution in [0.5, 0.6) is 0 Å². The molecule has 5 rings (SSSR count). The Labute approximate surface area is 272 Å². The first kappa shape index (κ1) is 32.0. The zero-order valence-electron chi connectivity index (χ0n) is 27.4. The lowest BCUT2D eigenvalue weighted by molar-refractivity contribution is 0.354. The van der Waals surface area contributed by atoms with E-state index in [1.165, 1.54) is 21.8 Å². The summed E-state index contributed by atoms with van der Waals surface area (Å²) in [7, 11) is 0. The molecule has 0 fully saturated rings. The van der Waals surface area contributed by atoms with Gasteiger partial charge < -0.3 is 4.57 Å². The second kappa shape index (κ2) is 12.9. The molecule has 228 valence electrons. The SMILES string of the molecule is CCCn1c2ccc(/C=C/C3=CC(=C(C#N)C#N)CC(C)(C)C3)cc2c2cc(/C=C/C3=CC(=C(C#N)C#N)CC(C)(C)C3)ccc21. The minimum atomic E-state index is -0.0286. The highest BCUT2D eigenvalue weighted by Crippen LogP contribution is 2.41. The van der Waals surface area contributed by atoms with E-state index in [1.807, 2.05) is 12.2 Å². The Bertz CT molecular complexity index is 1910. The fourth-order valence-corrected chi connectivity index (χ4v) is 7.00. The van der Waals surface area contributed by atoms with Gasteiger partial charge in [-0.25, -0.2) is 0 Å². The molecule has 3 aromatic rings. The predicted molar refractivity (Wildman–Crippen MR) is 187 cm³/mol. The van der Waals surface area contributed by atoms with Crippen molar-refractivity contribution >= 4 is 34.0 Å². The number of allylic oxidation sites excluding steroid dienone is 10. The van der Waals surface area contributed by atoms with E-state index in [9.17, 15) is 21.0 Å². The standard InChI is InChI=1S/C41H39N5/c1-6-15-46-38-13-11-28(7-9-30-16-32(34(24-42)25-43)22-40(2,3)20-30)18-36(38)37-19-29(12-14-39(37)46)8-10-31-17-33(35(26-44)27-45)23-41(4,5)21-31/h7-14,16-19H,6,15,20-23H2,1-5H3/b9-7+,10-8+. The van der Waals surface area contributed by atoms with E-state index < -0.39 is 0 Å². The van der Waals surface area contributed by atoms with E-state index in [4.69, 9.17) is 0 Å². The highest BCUT2D eigenvalue weighted by Gasteiger charge is 2.27. The lowest BCUT2D eigenvalue weighted by Crippen LogP contribution is -2.17. The Morgan fingerprint density at radius 3 is 1.43 bits per heavy atom. The minimum absolute atomic E-state index is 0.0286. The highest BCUT2D eigenvalue weighted by atomic mass is 15.0. The van der Waals surface area contributed by atoms with Crippen LogP contribution in [0.2, 0.25) is 0 Å². The lowest BCUT2D eigenvalue weighted by Gasteiger charge is -2.30. The highest BCUT2D eigenvalue weighted by molar-refractivity contribution is 6.09. The summed E-state index contributed by atoms with van der Waals surface area (Å²) in [4.78, 5) is 0. The van der Waals surface area contributed by atoms with Gasteiger partial charge >= 0.3 is 0 Å². The number of aryl methyl sites for hydroxylation is 1. The Balaban J connectivity index is 1.54. The van der Waals surface area contributed by atoms with Crippen LogP contribution in [-0.2, 0) is 6.54 Å². The molecule has 0 radical (unpaired) electrons. The van der Waals surface area contributed by atoms with Crippen LogP contribution in [0.25, 0.3) is 34.0 Å². The summed E-state index contributed by atoms with van der Waals surface area (Å²) in [6.45, 7) is 11.8. The number of aromatic nitrogens is 1. The molecule has 5 heteroatoms. The maximum absolute atomic E-state index is 9.45. The summed E-state index contributed by atoms with van der Waals surface area (Å²) in [5, 5.41) is 40.2. The molecule has 1 heterocycles. The second-order valence-corrected chi connectivity index (χ2v) is 14.1. The number of benzene rings is 2. The van der Waals surface area contributed by atoms with Crippen molar-refractivity contribution in [2.45, 2.75) is 73.3 Å². The van der Waals surface area contributed by atoms with Crippen molar-refractivity contribution in [3.63, 3.8) is 0 Å². The Morgan fingerprint density at radius 1 is 0.652 bits per heavy atom. The third kappa shape index (κ3) is 6.81. The first-order valence-corrected chi connectivity index (χ1v) is 15.9. The number of hydrogen-bond acceptors (Lipinski definition) is 4. The maximum atomic E-state index is 9.45. The number of nitriles is 4. The average molecular weight is 602 g/mol. The third-order valence-electron chi connectivity index (χ3n) is 8.85. The monoisotopic (exact) mass is 601 g/mol. The van der Waals surface area contributed by atoms with Gasteiger partial charge in [-0.15, -0.1) is 0 Å².